The molecule has 1 rings (SSSR count). The number of aliphatic hydroxyl groups is 2. The van der Waals surface area contributed by atoms with Crippen LogP contribution < -0.4 is 0 Å². The monoisotopic (exact) mass is 274 g/mol. The summed E-state index contributed by atoms with van der Waals surface area (Å²) >= 11 is 0. The Morgan fingerprint density at radius 2 is 1.58 bits per heavy atom. The van der Waals surface area contributed by atoms with Crippen molar-refractivity contribution >= 4 is 0 Å². The number of rotatable bonds is 3. The molecule has 1 aliphatic rings. The van der Waals surface area contributed by atoms with E-state index in [1.54, 1.807) is 0 Å². The van der Waals surface area contributed by atoms with Gasteiger partial charge in [-0.25, -0.2) is 0 Å². The van der Waals surface area contributed by atoms with Gasteiger partial charge in [-0.2, -0.15) is 0 Å². The predicted molar refractivity (Wildman–Crippen MR) is 75.0 cm³/mol. The molecular formula is C15H30O4. The van der Waals surface area contributed by atoms with Crippen molar-refractivity contribution in [1.82, 2.24) is 0 Å². The van der Waals surface area contributed by atoms with Crippen LogP contribution in [0.3, 0.4) is 0 Å². The first kappa shape index (κ1) is 16.9. The van der Waals surface area contributed by atoms with Gasteiger partial charge < -0.3 is 19.7 Å². The van der Waals surface area contributed by atoms with Crippen LogP contribution in [0.2, 0.25) is 0 Å². The Balaban J connectivity index is 2.84. The summed E-state index contributed by atoms with van der Waals surface area (Å²) in [5.41, 5.74) is -0.558. The zero-order valence-electron chi connectivity index (χ0n) is 13.3. The summed E-state index contributed by atoms with van der Waals surface area (Å²) in [4.78, 5) is 0. The molecule has 0 bridgehead atoms. The summed E-state index contributed by atoms with van der Waals surface area (Å²) < 4.78 is 11.9. The molecule has 1 fully saturated rings. The van der Waals surface area contributed by atoms with Crippen molar-refractivity contribution in [2.45, 2.75) is 91.0 Å². The average Bonchev–Trinajstić information content (AvgIpc) is 2.28. The first-order valence-electron chi connectivity index (χ1n) is 7.19. The van der Waals surface area contributed by atoms with Gasteiger partial charge in [-0.3, -0.25) is 0 Å². The molecule has 5 atom stereocenters. The first-order chi connectivity index (χ1) is 8.49. The van der Waals surface area contributed by atoms with Crippen LogP contribution in [0.15, 0.2) is 0 Å². The Morgan fingerprint density at radius 1 is 1.05 bits per heavy atom. The molecule has 114 valence electrons. The van der Waals surface area contributed by atoms with E-state index in [1.165, 1.54) is 0 Å². The van der Waals surface area contributed by atoms with E-state index >= 15 is 0 Å². The number of hydrogen-bond acceptors (Lipinski definition) is 4. The fourth-order valence-electron chi connectivity index (χ4n) is 2.37. The Morgan fingerprint density at radius 3 is 2.00 bits per heavy atom. The molecule has 19 heavy (non-hydrogen) atoms. The van der Waals surface area contributed by atoms with Gasteiger partial charge in [0.05, 0.1) is 17.8 Å². The van der Waals surface area contributed by atoms with Crippen LogP contribution in [-0.2, 0) is 9.47 Å². The van der Waals surface area contributed by atoms with E-state index in [0.717, 1.165) is 6.42 Å². The standard InChI is InChI=1S/C15H30O4/c1-8-15(6,7)19-12-9(2)18-13(14(3,4)5)11(17)10(12)16/h9-13,16-17H,8H2,1-7H3. The fourth-order valence-corrected chi connectivity index (χ4v) is 2.37. The second-order valence-corrected chi connectivity index (χ2v) is 7.30. The molecule has 1 saturated heterocycles. The van der Waals surface area contributed by atoms with Crippen LogP contribution in [0.25, 0.3) is 0 Å². The van der Waals surface area contributed by atoms with Gasteiger partial charge in [-0.1, -0.05) is 27.7 Å². The minimum absolute atomic E-state index is 0.222. The molecule has 0 aromatic rings. The van der Waals surface area contributed by atoms with Crippen molar-refractivity contribution in [2.24, 2.45) is 5.41 Å². The van der Waals surface area contributed by atoms with Crippen molar-refractivity contribution in [1.29, 1.82) is 0 Å². The molecule has 0 aromatic carbocycles. The van der Waals surface area contributed by atoms with Gasteiger partial charge in [0, 0.05) is 0 Å². The molecule has 5 unspecified atom stereocenters. The van der Waals surface area contributed by atoms with Gasteiger partial charge in [0.2, 0.25) is 0 Å². The molecule has 4 nitrogen and oxygen atoms in total. The van der Waals surface area contributed by atoms with Crippen molar-refractivity contribution < 1.29 is 19.7 Å². The summed E-state index contributed by atoms with van der Waals surface area (Å²) in [6, 6.07) is 0. The molecule has 0 aliphatic carbocycles. The highest BCUT2D eigenvalue weighted by Crippen LogP contribution is 2.35. The Hall–Kier alpha value is -0.160. The highest BCUT2D eigenvalue weighted by molar-refractivity contribution is 4.96. The lowest BCUT2D eigenvalue weighted by molar-refractivity contribution is -0.269. The van der Waals surface area contributed by atoms with Crippen LogP contribution in [0, 0.1) is 5.41 Å². The summed E-state index contributed by atoms with van der Waals surface area (Å²) in [7, 11) is 0. The van der Waals surface area contributed by atoms with Crippen LogP contribution in [0.4, 0.5) is 0 Å². The van der Waals surface area contributed by atoms with E-state index in [2.05, 4.69) is 0 Å². The third-order valence-electron chi connectivity index (χ3n) is 3.98. The molecule has 0 saturated carbocycles. The molecule has 1 aliphatic heterocycles. The van der Waals surface area contributed by atoms with Crippen LogP contribution in [-0.4, -0.2) is 46.3 Å². The highest BCUT2D eigenvalue weighted by Gasteiger charge is 2.48. The van der Waals surface area contributed by atoms with Gasteiger partial charge in [0.25, 0.3) is 0 Å². The molecule has 2 N–H and O–H groups in total. The predicted octanol–water partition coefficient (Wildman–Crippen LogP) is 2.12. The lowest BCUT2D eigenvalue weighted by Crippen LogP contribution is -2.61. The normalized spacial score (nSPS) is 37.4. The minimum Gasteiger partial charge on any atom is -0.388 e. The van der Waals surface area contributed by atoms with Crippen LogP contribution >= 0.6 is 0 Å². The largest absolute Gasteiger partial charge is 0.388 e. The second kappa shape index (κ2) is 5.68. The second-order valence-electron chi connectivity index (χ2n) is 7.30. The zero-order chi connectivity index (χ0) is 15.0. The van der Waals surface area contributed by atoms with Crippen LogP contribution in [0.1, 0.15) is 54.9 Å². The van der Waals surface area contributed by atoms with Crippen molar-refractivity contribution in [3.8, 4) is 0 Å². The summed E-state index contributed by atoms with van der Waals surface area (Å²) in [6.45, 7) is 13.9. The van der Waals surface area contributed by atoms with Gasteiger partial charge in [-0.15, -0.1) is 0 Å². The van der Waals surface area contributed by atoms with E-state index in [1.807, 2.05) is 48.5 Å². The quantitative estimate of drug-likeness (QED) is 0.827. The SMILES string of the molecule is CCC(C)(C)OC1C(C)OC(C(C)(C)C)C(O)C1O. The lowest BCUT2D eigenvalue weighted by atomic mass is 9.80. The Kier molecular flexibility index (Phi) is 5.05. The van der Waals surface area contributed by atoms with Gasteiger partial charge >= 0.3 is 0 Å². The van der Waals surface area contributed by atoms with Gasteiger partial charge in [-0.05, 0) is 32.6 Å². The Labute approximate surface area is 117 Å². The maximum Gasteiger partial charge on any atom is 0.113 e. The summed E-state index contributed by atoms with van der Waals surface area (Å²) in [5, 5.41) is 20.6. The van der Waals surface area contributed by atoms with Crippen molar-refractivity contribution in [3.05, 3.63) is 0 Å². The minimum atomic E-state index is -0.922. The van der Waals surface area contributed by atoms with E-state index in [9.17, 15) is 10.2 Å². The van der Waals surface area contributed by atoms with Crippen LogP contribution in [0.5, 0.6) is 0 Å². The van der Waals surface area contributed by atoms with Crippen molar-refractivity contribution in [2.75, 3.05) is 0 Å². The van der Waals surface area contributed by atoms with Gasteiger partial charge in [0.15, 0.2) is 0 Å². The number of hydrogen-bond donors (Lipinski definition) is 2. The molecule has 4 heteroatoms. The molecule has 0 amide bonds. The summed E-state index contributed by atoms with van der Waals surface area (Å²) in [5.74, 6) is 0. The zero-order valence-corrected chi connectivity index (χ0v) is 13.3. The van der Waals surface area contributed by atoms with E-state index in [0.29, 0.717) is 0 Å². The average molecular weight is 274 g/mol. The van der Waals surface area contributed by atoms with E-state index < -0.39 is 18.3 Å². The maximum absolute atomic E-state index is 10.3. The third kappa shape index (κ3) is 3.91. The Bertz CT molecular complexity index is 295. The molecular weight excluding hydrogens is 244 g/mol. The lowest BCUT2D eigenvalue weighted by Gasteiger charge is -2.48. The topological polar surface area (TPSA) is 58.9 Å². The molecule has 0 radical (unpaired) electrons. The smallest absolute Gasteiger partial charge is 0.113 e. The maximum atomic E-state index is 10.3. The molecule has 0 spiro atoms. The summed E-state index contributed by atoms with van der Waals surface area (Å²) in [6.07, 6.45) is -2.13. The molecule has 1 heterocycles. The van der Waals surface area contributed by atoms with E-state index in [4.69, 9.17) is 9.47 Å². The fraction of sp³-hybridized carbons (Fsp3) is 1.00. The first-order valence-corrected chi connectivity index (χ1v) is 7.19. The third-order valence-corrected chi connectivity index (χ3v) is 3.98. The van der Waals surface area contributed by atoms with E-state index in [-0.39, 0.29) is 23.2 Å². The number of aliphatic hydroxyl groups excluding tert-OH is 2. The molecule has 0 aromatic heterocycles. The van der Waals surface area contributed by atoms with Crippen molar-refractivity contribution in [3.63, 3.8) is 0 Å². The number of ether oxygens (including phenoxy) is 2. The van der Waals surface area contributed by atoms with Gasteiger partial charge in [0.1, 0.15) is 18.3 Å². The highest BCUT2D eigenvalue weighted by atomic mass is 16.6.